The van der Waals surface area contributed by atoms with E-state index in [1.54, 1.807) is 11.3 Å². The summed E-state index contributed by atoms with van der Waals surface area (Å²) in [6.45, 7) is 6.52. The molecule has 4 heteroatoms. The van der Waals surface area contributed by atoms with Crippen LogP contribution in [0.5, 0.6) is 0 Å². The van der Waals surface area contributed by atoms with E-state index in [0.29, 0.717) is 6.54 Å². The van der Waals surface area contributed by atoms with Crippen LogP contribution in [0, 0.1) is 12.8 Å². The van der Waals surface area contributed by atoms with Gasteiger partial charge in [-0.05, 0) is 25.0 Å². The first-order valence-corrected chi connectivity index (χ1v) is 5.91. The maximum Gasteiger partial charge on any atom is 0.237 e. The molecule has 0 fully saturated rings. The molecule has 1 heterocycles. The minimum absolute atomic E-state index is 0.0731. The Kier molecular flexibility index (Phi) is 4.29. The molecule has 1 atom stereocenters. The summed E-state index contributed by atoms with van der Waals surface area (Å²) in [4.78, 5) is 14.0. The van der Waals surface area contributed by atoms with Crippen LogP contribution in [0.15, 0.2) is 12.1 Å². The zero-order chi connectivity index (χ0) is 11.4. The average molecular weight is 226 g/mol. The Hall–Kier alpha value is -0.870. The van der Waals surface area contributed by atoms with E-state index < -0.39 is 6.04 Å². The number of hydrogen-bond acceptors (Lipinski definition) is 3. The van der Waals surface area contributed by atoms with Crippen molar-refractivity contribution in [3.63, 3.8) is 0 Å². The van der Waals surface area contributed by atoms with Crippen molar-refractivity contribution in [3.8, 4) is 0 Å². The standard InChI is InChI=1S/C11H18N2OS/c1-7(2)10(12)11(14)13-6-9-5-4-8(3)15-9/h4-5,7,10H,6,12H2,1-3H3,(H,13,14). The lowest BCUT2D eigenvalue weighted by atomic mass is 10.1. The molecule has 15 heavy (non-hydrogen) atoms. The van der Waals surface area contributed by atoms with E-state index in [2.05, 4.69) is 18.3 Å². The van der Waals surface area contributed by atoms with E-state index in [9.17, 15) is 4.79 Å². The summed E-state index contributed by atoms with van der Waals surface area (Å²) in [6.07, 6.45) is 0. The zero-order valence-corrected chi connectivity index (χ0v) is 10.2. The summed E-state index contributed by atoms with van der Waals surface area (Å²) < 4.78 is 0. The maximum atomic E-state index is 11.5. The quantitative estimate of drug-likeness (QED) is 0.820. The number of amides is 1. The third-order valence-electron chi connectivity index (χ3n) is 2.25. The molecule has 0 bridgehead atoms. The summed E-state index contributed by atoms with van der Waals surface area (Å²) in [5.41, 5.74) is 5.72. The Bertz CT molecular complexity index is 333. The van der Waals surface area contributed by atoms with Crippen LogP contribution in [0.4, 0.5) is 0 Å². The first kappa shape index (κ1) is 12.2. The van der Waals surface area contributed by atoms with Gasteiger partial charge in [-0.25, -0.2) is 0 Å². The van der Waals surface area contributed by atoms with Gasteiger partial charge in [0.1, 0.15) is 0 Å². The summed E-state index contributed by atoms with van der Waals surface area (Å²) in [5, 5.41) is 2.84. The molecule has 0 radical (unpaired) electrons. The predicted octanol–water partition coefficient (Wildman–Crippen LogP) is 1.66. The highest BCUT2D eigenvalue weighted by Crippen LogP contribution is 2.14. The first-order chi connectivity index (χ1) is 7.00. The second-order valence-corrected chi connectivity index (χ2v) is 5.37. The SMILES string of the molecule is Cc1ccc(CNC(=O)C(N)C(C)C)s1. The molecule has 3 nitrogen and oxygen atoms in total. The zero-order valence-electron chi connectivity index (χ0n) is 9.41. The monoisotopic (exact) mass is 226 g/mol. The van der Waals surface area contributed by atoms with Crippen molar-refractivity contribution >= 4 is 17.2 Å². The lowest BCUT2D eigenvalue weighted by Gasteiger charge is -2.14. The number of rotatable bonds is 4. The molecule has 84 valence electrons. The van der Waals surface area contributed by atoms with Gasteiger partial charge in [-0.15, -0.1) is 11.3 Å². The van der Waals surface area contributed by atoms with Gasteiger partial charge in [0.15, 0.2) is 0 Å². The van der Waals surface area contributed by atoms with Crippen molar-refractivity contribution in [2.45, 2.75) is 33.4 Å². The van der Waals surface area contributed by atoms with Crippen molar-refractivity contribution in [2.24, 2.45) is 11.7 Å². The van der Waals surface area contributed by atoms with Crippen molar-refractivity contribution in [1.29, 1.82) is 0 Å². The fourth-order valence-corrected chi connectivity index (χ4v) is 2.01. The molecular weight excluding hydrogens is 208 g/mol. The van der Waals surface area contributed by atoms with Gasteiger partial charge in [0.05, 0.1) is 12.6 Å². The molecule has 0 aliphatic carbocycles. The molecule has 1 aromatic rings. The Labute approximate surface area is 94.7 Å². The fraction of sp³-hybridized carbons (Fsp3) is 0.545. The number of nitrogens with one attached hydrogen (secondary N) is 1. The second kappa shape index (κ2) is 5.28. The first-order valence-electron chi connectivity index (χ1n) is 5.09. The van der Waals surface area contributed by atoms with E-state index in [1.165, 1.54) is 4.88 Å². The number of thiophene rings is 1. The highest BCUT2D eigenvalue weighted by atomic mass is 32.1. The number of aryl methyl sites for hydroxylation is 1. The third-order valence-corrected chi connectivity index (χ3v) is 3.25. The van der Waals surface area contributed by atoms with E-state index in [4.69, 9.17) is 5.73 Å². The largest absolute Gasteiger partial charge is 0.350 e. The molecule has 0 aliphatic rings. The normalized spacial score (nSPS) is 12.9. The fourth-order valence-electron chi connectivity index (χ4n) is 1.17. The molecule has 0 spiro atoms. The van der Waals surface area contributed by atoms with Gasteiger partial charge in [-0.1, -0.05) is 13.8 Å². The van der Waals surface area contributed by atoms with Gasteiger partial charge in [0.25, 0.3) is 0 Å². The van der Waals surface area contributed by atoms with Crippen LogP contribution in [0.1, 0.15) is 23.6 Å². The Morgan fingerprint density at radius 2 is 2.20 bits per heavy atom. The molecule has 1 rings (SSSR count). The van der Waals surface area contributed by atoms with Gasteiger partial charge >= 0.3 is 0 Å². The molecule has 0 saturated carbocycles. The van der Waals surface area contributed by atoms with E-state index in [-0.39, 0.29) is 11.8 Å². The summed E-state index contributed by atoms with van der Waals surface area (Å²) in [7, 11) is 0. The Morgan fingerprint density at radius 3 is 2.67 bits per heavy atom. The lowest BCUT2D eigenvalue weighted by Crippen LogP contribution is -2.43. The summed E-state index contributed by atoms with van der Waals surface area (Å²) >= 11 is 1.69. The molecule has 0 aliphatic heterocycles. The molecular formula is C11H18N2OS. The average Bonchev–Trinajstić information content (AvgIpc) is 2.59. The summed E-state index contributed by atoms with van der Waals surface area (Å²) in [5.74, 6) is 0.103. The highest BCUT2D eigenvalue weighted by molar-refractivity contribution is 7.11. The van der Waals surface area contributed by atoms with Crippen LogP contribution >= 0.6 is 11.3 Å². The number of carbonyl (C=O) groups excluding carboxylic acids is 1. The van der Waals surface area contributed by atoms with E-state index in [1.807, 2.05) is 19.9 Å². The van der Waals surface area contributed by atoms with Crippen LogP contribution in [-0.4, -0.2) is 11.9 Å². The van der Waals surface area contributed by atoms with Gasteiger partial charge in [0.2, 0.25) is 5.91 Å². The van der Waals surface area contributed by atoms with Crippen LogP contribution in [-0.2, 0) is 11.3 Å². The predicted molar refractivity (Wildman–Crippen MR) is 63.7 cm³/mol. The Balaban J connectivity index is 2.40. The van der Waals surface area contributed by atoms with Crippen LogP contribution in [0.2, 0.25) is 0 Å². The van der Waals surface area contributed by atoms with Crippen molar-refractivity contribution < 1.29 is 4.79 Å². The van der Waals surface area contributed by atoms with Gasteiger partial charge < -0.3 is 11.1 Å². The highest BCUT2D eigenvalue weighted by Gasteiger charge is 2.16. The number of nitrogens with two attached hydrogens (primary N) is 1. The molecule has 1 amide bonds. The van der Waals surface area contributed by atoms with Gasteiger partial charge in [-0.2, -0.15) is 0 Å². The molecule has 0 aromatic carbocycles. The molecule has 0 saturated heterocycles. The minimum Gasteiger partial charge on any atom is -0.350 e. The van der Waals surface area contributed by atoms with Crippen LogP contribution in [0.25, 0.3) is 0 Å². The molecule has 3 N–H and O–H groups in total. The van der Waals surface area contributed by atoms with Crippen molar-refractivity contribution in [1.82, 2.24) is 5.32 Å². The number of carbonyl (C=O) groups is 1. The second-order valence-electron chi connectivity index (χ2n) is 4.00. The van der Waals surface area contributed by atoms with Gasteiger partial charge in [-0.3, -0.25) is 4.79 Å². The lowest BCUT2D eigenvalue weighted by molar-refractivity contribution is -0.123. The topological polar surface area (TPSA) is 55.1 Å². The van der Waals surface area contributed by atoms with Crippen molar-refractivity contribution in [3.05, 3.63) is 21.9 Å². The third kappa shape index (κ3) is 3.64. The minimum atomic E-state index is -0.411. The van der Waals surface area contributed by atoms with Gasteiger partial charge in [0, 0.05) is 9.75 Å². The number of hydrogen-bond donors (Lipinski definition) is 2. The van der Waals surface area contributed by atoms with E-state index >= 15 is 0 Å². The maximum absolute atomic E-state index is 11.5. The van der Waals surface area contributed by atoms with E-state index in [0.717, 1.165) is 4.88 Å². The molecule has 1 unspecified atom stereocenters. The smallest absolute Gasteiger partial charge is 0.237 e. The van der Waals surface area contributed by atoms with Crippen LogP contribution < -0.4 is 11.1 Å². The van der Waals surface area contributed by atoms with Crippen LogP contribution in [0.3, 0.4) is 0 Å². The molecule has 1 aromatic heterocycles. The van der Waals surface area contributed by atoms with Crippen molar-refractivity contribution in [2.75, 3.05) is 0 Å². The Morgan fingerprint density at radius 1 is 1.53 bits per heavy atom. The summed E-state index contributed by atoms with van der Waals surface area (Å²) in [6, 6.07) is 3.67.